The van der Waals surface area contributed by atoms with Crippen LogP contribution in [0.15, 0.2) is 60.8 Å². The summed E-state index contributed by atoms with van der Waals surface area (Å²) < 4.78 is 45.3. The van der Waals surface area contributed by atoms with Gasteiger partial charge in [0.1, 0.15) is 30.6 Å². The average molecular weight is 589 g/mol. The zero-order valence-corrected chi connectivity index (χ0v) is 22.7. The molecule has 3 N–H and O–H groups in total. The van der Waals surface area contributed by atoms with Gasteiger partial charge in [0.15, 0.2) is 0 Å². The van der Waals surface area contributed by atoms with Crippen molar-refractivity contribution >= 4 is 22.9 Å². The van der Waals surface area contributed by atoms with Gasteiger partial charge in [0.05, 0.1) is 40.6 Å². The fourth-order valence-electron chi connectivity index (χ4n) is 4.89. The molecule has 220 valence electrons. The third-order valence-corrected chi connectivity index (χ3v) is 7.12. The van der Waals surface area contributed by atoms with Crippen molar-refractivity contribution in [2.45, 2.75) is 38.6 Å². The van der Waals surface area contributed by atoms with Crippen molar-refractivity contribution in [1.29, 1.82) is 0 Å². The van der Waals surface area contributed by atoms with E-state index in [0.717, 1.165) is 18.6 Å². The Kier molecular flexibility index (Phi) is 7.55. The van der Waals surface area contributed by atoms with Crippen LogP contribution in [0.25, 0.3) is 22.3 Å². The second-order valence-corrected chi connectivity index (χ2v) is 10.1. The minimum absolute atomic E-state index is 0.0220. The van der Waals surface area contributed by atoms with Crippen LogP contribution in [0.4, 0.5) is 8.78 Å². The van der Waals surface area contributed by atoms with Gasteiger partial charge >= 0.3 is 5.97 Å². The average Bonchev–Trinajstić information content (AvgIpc) is 3.54. The number of ether oxygens (including phenoxy) is 2. The number of halogens is 2. The Morgan fingerprint density at radius 3 is 2.67 bits per heavy atom. The number of carboxylic acid groups (broad SMARTS) is 1. The Balaban J connectivity index is 1.24. The molecule has 0 radical (unpaired) electrons. The number of nitrogens with two attached hydrogens (primary N) is 1. The number of carbonyl (C=O) groups excluding carboxylic acids is 1. The van der Waals surface area contributed by atoms with Crippen molar-refractivity contribution in [3.05, 3.63) is 95.1 Å². The first-order chi connectivity index (χ1) is 20.7. The Labute approximate surface area is 243 Å². The number of aromatic carboxylic acids is 1. The van der Waals surface area contributed by atoms with Crippen molar-refractivity contribution in [3.63, 3.8) is 0 Å². The van der Waals surface area contributed by atoms with E-state index in [-0.39, 0.29) is 53.9 Å². The van der Waals surface area contributed by atoms with E-state index in [1.54, 1.807) is 36.5 Å². The molecule has 0 bridgehead atoms. The molecule has 1 aliphatic rings. The lowest BCUT2D eigenvalue weighted by Gasteiger charge is -2.27. The number of carbonyl (C=O) groups is 2. The molecule has 43 heavy (non-hydrogen) atoms. The first-order valence-electron chi connectivity index (χ1n) is 13.5. The van der Waals surface area contributed by atoms with E-state index in [1.807, 2.05) is 4.57 Å². The van der Waals surface area contributed by atoms with E-state index in [4.69, 9.17) is 15.2 Å². The van der Waals surface area contributed by atoms with Crippen LogP contribution in [0.1, 0.15) is 33.9 Å². The summed E-state index contributed by atoms with van der Waals surface area (Å²) in [5.74, 6) is -2.27. The number of amides is 1. The molecule has 1 saturated heterocycles. The number of benzene rings is 2. The molecule has 11 nitrogen and oxygen atoms in total. The van der Waals surface area contributed by atoms with Gasteiger partial charge in [-0.1, -0.05) is 6.07 Å². The maximum Gasteiger partial charge on any atom is 0.335 e. The van der Waals surface area contributed by atoms with Gasteiger partial charge in [0, 0.05) is 30.9 Å². The van der Waals surface area contributed by atoms with Crippen LogP contribution in [0.5, 0.6) is 5.88 Å². The Morgan fingerprint density at radius 1 is 1.09 bits per heavy atom. The minimum Gasteiger partial charge on any atom is -0.478 e. The summed E-state index contributed by atoms with van der Waals surface area (Å²) in [7, 11) is 0. The van der Waals surface area contributed by atoms with E-state index < -0.39 is 23.5 Å². The van der Waals surface area contributed by atoms with Gasteiger partial charge in [-0.25, -0.2) is 23.5 Å². The number of nitrogens with zero attached hydrogens (tertiary/aromatic N) is 5. The lowest BCUT2D eigenvalue weighted by Crippen LogP contribution is -2.31. The zero-order chi connectivity index (χ0) is 30.1. The van der Waals surface area contributed by atoms with Crippen LogP contribution in [0.2, 0.25) is 0 Å². The van der Waals surface area contributed by atoms with Crippen LogP contribution < -0.4 is 10.5 Å². The predicted molar refractivity (Wildman–Crippen MR) is 149 cm³/mol. The number of imidazole rings is 1. The van der Waals surface area contributed by atoms with Gasteiger partial charge in [-0.05, 0) is 54.4 Å². The molecule has 0 saturated carbocycles. The molecule has 0 unspecified atom stereocenters. The first kappa shape index (κ1) is 28.0. The molecule has 2 aromatic carbocycles. The highest BCUT2D eigenvalue weighted by Crippen LogP contribution is 2.29. The third kappa shape index (κ3) is 6.06. The quantitative estimate of drug-likeness (QED) is 0.237. The van der Waals surface area contributed by atoms with Crippen molar-refractivity contribution in [1.82, 2.24) is 24.3 Å². The summed E-state index contributed by atoms with van der Waals surface area (Å²) in [6, 6.07) is 13.2. The molecule has 6 rings (SSSR count). The van der Waals surface area contributed by atoms with Gasteiger partial charge in [-0.2, -0.15) is 5.10 Å². The van der Waals surface area contributed by atoms with Crippen LogP contribution >= 0.6 is 0 Å². The summed E-state index contributed by atoms with van der Waals surface area (Å²) in [6.45, 7) is 1.03. The standard InChI is InChI=1S/C30H26F2N6O5/c31-22-13-21(24-2-1-3-29(35-24)43-16-19-6-8-37(36-19)15-27(33)39)23(32)10-18(22)12-28-34-25-5-4-17(30(40)41)11-26(25)38(28)14-20-7-9-42-20/h1-6,8,10-11,13,20H,7,9,12,14-16H2,(H2,33,39)(H,40,41)/t20-/m0/s1. The lowest BCUT2D eigenvalue weighted by molar-refractivity contribution is -0.118. The lowest BCUT2D eigenvalue weighted by atomic mass is 10.0. The summed E-state index contributed by atoms with van der Waals surface area (Å²) in [5.41, 5.74) is 7.18. The molecule has 1 fully saturated rings. The molecule has 1 aliphatic heterocycles. The number of fused-ring (bicyclic) bond motifs is 1. The molecule has 5 aromatic rings. The van der Waals surface area contributed by atoms with Crippen LogP contribution in [0.3, 0.4) is 0 Å². The second-order valence-electron chi connectivity index (χ2n) is 10.1. The number of primary amides is 1. The van der Waals surface area contributed by atoms with E-state index >= 15 is 8.78 Å². The summed E-state index contributed by atoms with van der Waals surface area (Å²) >= 11 is 0. The summed E-state index contributed by atoms with van der Waals surface area (Å²) in [6.07, 6.45) is 2.34. The Hall–Kier alpha value is -5.17. The molecule has 4 heterocycles. The molecular formula is C30H26F2N6O5. The normalized spacial score (nSPS) is 14.5. The summed E-state index contributed by atoms with van der Waals surface area (Å²) in [4.78, 5) is 31.6. The largest absolute Gasteiger partial charge is 0.478 e. The highest BCUT2D eigenvalue weighted by Gasteiger charge is 2.23. The number of aromatic nitrogens is 5. The van der Waals surface area contributed by atoms with Crippen molar-refractivity contribution < 1.29 is 33.0 Å². The highest BCUT2D eigenvalue weighted by atomic mass is 19.1. The zero-order valence-electron chi connectivity index (χ0n) is 22.7. The monoisotopic (exact) mass is 588 g/mol. The van der Waals surface area contributed by atoms with Crippen LogP contribution in [-0.4, -0.2) is 54.0 Å². The topological polar surface area (TPSA) is 147 Å². The fraction of sp³-hybridized carbons (Fsp3) is 0.233. The first-order valence-corrected chi connectivity index (χ1v) is 13.5. The van der Waals surface area contributed by atoms with Crippen LogP contribution in [-0.2, 0) is 35.6 Å². The molecule has 1 atom stereocenters. The SMILES string of the molecule is NC(=O)Cn1ccc(COc2cccc(-c3cc(F)c(Cc4nc5ccc(C(=O)O)cc5n4C[C@@H]4CCO4)cc3F)n2)n1. The maximum absolute atomic E-state index is 15.5. The molecule has 0 spiro atoms. The fourth-order valence-corrected chi connectivity index (χ4v) is 4.89. The van der Waals surface area contributed by atoms with E-state index in [2.05, 4.69) is 15.1 Å². The molecule has 0 aliphatic carbocycles. The third-order valence-electron chi connectivity index (χ3n) is 7.12. The highest BCUT2D eigenvalue weighted by molar-refractivity contribution is 5.92. The molecule has 1 amide bonds. The molecule has 3 aromatic heterocycles. The maximum atomic E-state index is 15.5. The van der Waals surface area contributed by atoms with Gasteiger partial charge < -0.3 is 24.9 Å². The van der Waals surface area contributed by atoms with Crippen molar-refractivity contribution in [3.8, 4) is 17.1 Å². The molecule has 13 heteroatoms. The Morgan fingerprint density at radius 2 is 1.93 bits per heavy atom. The van der Waals surface area contributed by atoms with Crippen molar-refractivity contribution in [2.24, 2.45) is 5.73 Å². The number of pyridine rings is 1. The second kappa shape index (κ2) is 11.6. The van der Waals surface area contributed by atoms with Gasteiger partial charge in [-0.15, -0.1) is 0 Å². The number of carboxylic acids is 1. The number of hydrogen-bond acceptors (Lipinski definition) is 7. The minimum atomic E-state index is -1.07. The van der Waals surface area contributed by atoms with Gasteiger partial charge in [-0.3, -0.25) is 9.48 Å². The van der Waals surface area contributed by atoms with Gasteiger partial charge in [0.2, 0.25) is 11.8 Å². The number of rotatable bonds is 11. The Bertz CT molecular complexity index is 1850. The van der Waals surface area contributed by atoms with Crippen LogP contribution in [0, 0.1) is 11.6 Å². The van der Waals surface area contributed by atoms with E-state index in [1.165, 1.54) is 16.8 Å². The predicted octanol–water partition coefficient (Wildman–Crippen LogP) is 3.72. The van der Waals surface area contributed by atoms with E-state index in [9.17, 15) is 14.7 Å². The molecular weight excluding hydrogens is 562 g/mol. The number of hydrogen-bond donors (Lipinski definition) is 2. The van der Waals surface area contributed by atoms with Gasteiger partial charge in [0.25, 0.3) is 0 Å². The van der Waals surface area contributed by atoms with Crippen molar-refractivity contribution in [2.75, 3.05) is 6.61 Å². The smallest absolute Gasteiger partial charge is 0.335 e. The summed E-state index contributed by atoms with van der Waals surface area (Å²) in [5, 5.41) is 13.6. The van der Waals surface area contributed by atoms with E-state index in [0.29, 0.717) is 35.7 Å².